The molecule has 0 atom stereocenters. The van der Waals surface area contributed by atoms with Gasteiger partial charge in [0.1, 0.15) is 12.3 Å². The van der Waals surface area contributed by atoms with E-state index in [-0.39, 0.29) is 17.3 Å². The third kappa shape index (κ3) is 6.28. The largest absolute Gasteiger partial charge is 0.490 e. The summed E-state index contributed by atoms with van der Waals surface area (Å²) in [5.74, 6) is -1.01. The molecule has 0 radical (unpaired) electrons. The van der Waals surface area contributed by atoms with Gasteiger partial charge in [-0.25, -0.2) is 4.79 Å². The number of carboxylic acid groups (broad SMARTS) is 1. The molecule has 8 heteroatoms. The molecule has 0 heterocycles. The second kappa shape index (κ2) is 10.1. The minimum atomic E-state index is -1.26. The molecule has 2 rings (SSSR count). The number of ether oxygens (including phenoxy) is 2. The molecule has 0 bridgehead atoms. The molecule has 0 aliphatic rings. The molecule has 0 aromatic heterocycles. The molecule has 0 saturated heterocycles. The highest BCUT2D eigenvalue weighted by atomic mass is 79.9. The number of carbonyl (C=O) groups excluding carboxylic acids is 1. The van der Waals surface area contributed by atoms with Crippen LogP contribution >= 0.6 is 27.5 Å². The van der Waals surface area contributed by atoms with E-state index in [9.17, 15) is 14.7 Å². The molecule has 0 fully saturated rings. The van der Waals surface area contributed by atoms with Crippen LogP contribution in [-0.2, 0) is 16.2 Å². The second-order valence-electron chi connectivity index (χ2n) is 5.72. The zero-order valence-electron chi connectivity index (χ0n) is 15.3. The number of benzene rings is 2. The van der Waals surface area contributed by atoms with Crippen LogP contribution in [-0.4, -0.2) is 23.6 Å². The maximum atomic E-state index is 11.3. The molecule has 2 aromatic rings. The van der Waals surface area contributed by atoms with Gasteiger partial charge in [0, 0.05) is 11.4 Å². The smallest absolute Gasteiger partial charge is 0.352 e. The molecule has 0 spiro atoms. The summed E-state index contributed by atoms with van der Waals surface area (Å²) in [6.45, 7) is 3.70. The lowest BCUT2D eigenvalue weighted by atomic mass is 10.1. The number of rotatable bonds is 8. The molecule has 2 N–H and O–H groups in total. The fourth-order valence-corrected chi connectivity index (χ4v) is 2.86. The van der Waals surface area contributed by atoms with Gasteiger partial charge in [-0.2, -0.15) is 0 Å². The van der Waals surface area contributed by atoms with Crippen LogP contribution in [0, 0.1) is 0 Å². The highest BCUT2D eigenvalue weighted by molar-refractivity contribution is 9.10. The SMILES string of the molecule is CCOc1cc(/C=C(/NC(C)=O)C(=O)O)cc(Cl)c1OCc1ccc(Br)cc1. The Bertz CT molecular complexity index is 896. The van der Waals surface area contributed by atoms with Crippen molar-refractivity contribution in [2.45, 2.75) is 20.5 Å². The van der Waals surface area contributed by atoms with E-state index in [1.165, 1.54) is 13.0 Å². The predicted molar refractivity (Wildman–Crippen MR) is 111 cm³/mol. The summed E-state index contributed by atoms with van der Waals surface area (Å²) in [5.41, 5.74) is 1.13. The molecule has 0 aliphatic carbocycles. The highest BCUT2D eigenvalue weighted by Gasteiger charge is 2.15. The summed E-state index contributed by atoms with van der Waals surface area (Å²) in [6, 6.07) is 10.8. The summed E-state index contributed by atoms with van der Waals surface area (Å²) in [4.78, 5) is 22.5. The summed E-state index contributed by atoms with van der Waals surface area (Å²) in [6.07, 6.45) is 1.30. The first-order chi connectivity index (χ1) is 13.3. The van der Waals surface area contributed by atoms with E-state index in [0.29, 0.717) is 23.7 Å². The first-order valence-corrected chi connectivity index (χ1v) is 9.53. The molecule has 6 nitrogen and oxygen atoms in total. The number of carbonyl (C=O) groups is 2. The molecule has 2 aromatic carbocycles. The van der Waals surface area contributed by atoms with E-state index in [0.717, 1.165) is 10.0 Å². The Morgan fingerprint density at radius 2 is 1.89 bits per heavy atom. The number of amides is 1. The lowest BCUT2D eigenvalue weighted by Crippen LogP contribution is -2.24. The summed E-state index contributed by atoms with van der Waals surface area (Å²) in [7, 11) is 0. The van der Waals surface area contributed by atoms with E-state index in [4.69, 9.17) is 21.1 Å². The van der Waals surface area contributed by atoms with Gasteiger partial charge in [-0.1, -0.05) is 39.7 Å². The minimum absolute atomic E-state index is 0.266. The Morgan fingerprint density at radius 1 is 1.21 bits per heavy atom. The average Bonchev–Trinajstić information content (AvgIpc) is 2.62. The van der Waals surface area contributed by atoms with Crippen molar-refractivity contribution in [2.24, 2.45) is 0 Å². The monoisotopic (exact) mass is 467 g/mol. The highest BCUT2D eigenvalue weighted by Crippen LogP contribution is 2.37. The molecule has 1 amide bonds. The molecule has 148 valence electrons. The van der Waals surface area contributed by atoms with Crippen LogP contribution in [0.2, 0.25) is 5.02 Å². The van der Waals surface area contributed by atoms with Crippen molar-refractivity contribution in [2.75, 3.05) is 6.61 Å². The number of halogens is 2. The summed E-state index contributed by atoms with van der Waals surface area (Å²) < 4.78 is 12.4. The van der Waals surface area contributed by atoms with Gasteiger partial charge in [-0.3, -0.25) is 4.79 Å². The average molecular weight is 469 g/mol. The minimum Gasteiger partial charge on any atom is -0.490 e. The second-order valence-corrected chi connectivity index (χ2v) is 7.05. The molecular formula is C20H19BrClNO5. The summed E-state index contributed by atoms with van der Waals surface area (Å²) >= 11 is 9.74. The summed E-state index contributed by atoms with van der Waals surface area (Å²) in [5, 5.41) is 11.8. The maximum absolute atomic E-state index is 11.3. The molecule has 0 saturated carbocycles. The third-order valence-corrected chi connectivity index (χ3v) is 4.29. The fraction of sp³-hybridized carbons (Fsp3) is 0.200. The standard InChI is InChI=1S/C20H19BrClNO5/c1-3-27-18-10-14(9-17(20(25)26)23-12(2)24)8-16(22)19(18)28-11-13-4-6-15(21)7-5-13/h4-10H,3,11H2,1-2H3,(H,23,24)(H,25,26)/b17-9+. The Labute approximate surface area is 176 Å². The topological polar surface area (TPSA) is 84.9 Å². The molecule has 0 aliphatic heterocycles. The maximum Gasteiger partial charge on any atom is 0.352 e. The van der Waals surface area contributed by atoms with Crippen LogP contribution in [0.4, 0.5) is 0 Å². The third-order valence-electron chi connectivity index (χ3n) is 3.48. The number of hydrogen-bond donors (Lipinski definition) is 2. The zero-order chi connectivity index (χ0) is 20.7. The van der Waals surface area contributed by atoms with Crippen molar-refractivity contribution >= 4 is 45.5 Å². The van der Waals surface area contributed by atoms with Gasteiger partial charge in [0.15, 0.2) is 11.5 Å². The van der Waals surface area contributed by atoms with Crippen LogP contribution in [0.25, 0.3) is 6.08 Å². The van der Waals surface area contributed by atoms with Crippen molar-refractivity contribution in [1.29, 1.82) is 0 Å². The van der Waals surface area contributed by atoms with Gasteiger partial charge in [0.2, 0.25) is 5.91 Å². The van der Waals surface area contributed by atoms with E-state index < -0.39 is 11.9 Å². The number of nitrogens with one attached hydrogen (secondary N) is 1. The van der Waals surface area contributed by atoms with Crippen LogP contribution in [0.3, 0.4) is 0 Å². The van der Waals surface area contributed by atoms with Gasteiger partial charge >= 0.3 is 5.97 Å². The number of hydrogen-bond acceptors (Lipinski definition) is 4. The van der Waals surface area contributed by atoms with Crippen molar-refractivity contribution in [3.8, 4) is 11.5 Å². The van der Waals surface area contributed by atoms with Gasteiger partial charge in [-0.15, -0.1) is 0 Å². The van der Waals surface area contributed by atoms with E-state index >= 15 is 0 Å². The molecular weight excluding hydrogens is 450 g/mol. The van der Waals surface area contributed by atoms with Gasteiger partial charge in [-0.05, 0) is 48.4 Å². The van der Waals surface area contributed by atoms with Gasteiger partial charge < -0.3 is 19.9 Å². The Hall–Kier alpha value is -2.51. The van der Waals surface area contributed by atoms with Gasteiger partial charge in [0.25, 0.3) is 0 Å². The Morgan fingerprint density at radius 3 is 2.46 bits per heavy atom. The zero-order valence-corrected chi connectivity index (χ0v) is 17.6. The Kier molecular flexibility index (Phi) is 7.90. The fourth-order valence-electron chi connectivity index (χ4n) is 2.32. The van der Waals surface area contributed by atoms with Crippen molar-refractivity contribution in [3.63, 3.8) is 0 Å². The van der Waals surface area contributed by atoms with Crippen molar-refractivity contribution < 1.29 is 24.2 Å². The van der Waals surface area contributed by atoms with E-state index in [1.54, 1.807) is 12.1 Å². The normalized spacial score (nSPS) is 11.1. The predicted octanol–water partition coefficient (Wildman–Crippen LogP) is 4.64. The van der Waals surface area contributed by atoms with Crippen LogP contribution in [0.5, 0.6) is 11.5 Å². The van der Waals surface area contributed by atoms with Gasteiger partial charge in [0.05, 0.1) is 11.6 Å². The number of aliphatic carboxylic acids is 1. The van der Waals surface area contributed by atoms with Crippen LogP contribution in [0.1, 0.15) is 25.0 Å². The van der Waals surface area contributed by atoms with Crippen LogP contribution in [0.15, 0.2) is 46.6 Å². The van der Waals surface area contributed by atoms with E-state index in [2.05, 4.69) is 21.2 Å². The number of carboxylic acids is 1. The lowest BCUT2D eigenvalue weighted by Gasteiger charge is -2.15. The Balaban J connectivity index is 2.33. The van der Waals surface area contributed by atoms with E-state index in [1.807, 2.05) is 31.2 Å². The van der Waals surface area contributed by atoms with Crippen molar-refractivity contribution in [1.82, 2.24) is 5.32 Å². The molecule has 0 unspecified atom stereocenters. The quantitative estimate of drug-likeness (QED) is 0.551. The van der Waals surface area contributed by atoms with Crippen LogP contribution < -0.4 is 14.8 Å². The van der Waals surface area contributed by atoms with Crippen molar-refractivity contribution in [3.05, 3.63) is 62.7 Å². The first-order valence-electron chi connectivity index (χ1n) is 8.36. The lowest BCUT2D eigenvalue weighted by molar-refractivity contribution is -0.134. The first kappa shape index (κ1) is 21.8. The molecule has 28 heavy (non-hydrogen) atoms.